The van der Waals surface area contributed by atoms with Crippen LogP contribution >= 0.6 is 11.6 Å². The van der Waals surface area contributed by atoms with E-state index in [1.165, 1.54) is 6.20 Å². The number of likely N-dealkylation sites (N-methyl/N-ethyl adjacent to an activating group) is 1. The monoisotopic (exact) mass is 429 g/mol. The summed E-state index contributed by atoms with van der Waals surface area (Å²) in [6, 6.07) is 12.3. The van der Waals surface area contributed by atoms with E-state index in [1.54, 1.807) is 24.3 Å². The molecule has 0 radical (unpaired) electrons. The number of sulfone groups is 1. The van der Waals surface area contributed by atoms with Gasteiger partial charge in [0.1, 0.15) is 4.90 Å². The largest absolute Gasteiger partial charge is 0.367 e. The second-order valence-electron chi connectivity index (χ2n) is 7.37. The number of hydrogen-bond acceptors (Lipinski definition) is 5. The Morgan fingerprint density at radius 2 is 1.72 bits per heavy atom. The SMILES string of the molecule is CCN1CCN(c2c(S(=O)(=O)c3ccc(Cl)cc3)cnc3ccc(C)cc23)CC1. The number of fused-ring (bicyclic) bond motifs is 1. The Kier molecular flexibility index (Phi) is 5.51. The number of pyridine rings is 1. The average Bonchev–Trinajstić information content (AvgIpc) is 2.73. The van der Waals surface area contributed by atoms with Gasteiger partial charge in [-0.15, -0.1) is 0 Å². The fourth-order valence-corrected chi connectivity index (χ4v) is 5.38. The Balaban J connectivity index is 1.91. The Morgan fingerprint density at radius 1 is 1.03 bits per heavy atom. The summed E-state index contributed by atoms with van der Waals surface area (Å²) in [4.78, 5) is 9.52. The highest BCUT2D eigenvalue weighted by atomic mass is 35.5. The van der Waals surface area contributed by atoms with Crippen LogP contribution in [0.3, 0.4) is 0 Å². The van der Waals surface area contributed by atoms with Crippen molar-refractivity contribution in [3.05, 3.63) is 59.2 Å². The molecule has 7 heteroatoms. The van der Waals surface area contributed by atoms with E-state index in [4.69, 9.17) is 11.6 Å². The smallest absolute Gasteiger partial charge is 0.210 e. The van der Waals surface area contributed by atoms with Gasteiger partial charge in [0.15, 0.2) is 0 Å². The second kappa shape index (κ2) is 7.94. The molecule has 1 aromatic heterocycles. The van der Waals surface area contributed by atoms with Gasteiger partial charge in [0, 0.05) is 42.8 Å². The van der Waals surface area contributed by atoms with Crippen molar-refractivity contribution in [2.75, 3.05) is 37.6 Å². The first kappa shape index (κ1) is 20.1. The van der Waals surface area contributed by atoms with Gasteiger partial charge in [-0.05, 0) is 49.9 Å². The average molecular weight is 430 g/mol. The van der Waals surface area contributed by atoms with Crippen molar-refractivity contribution in [1.82, 2.24) is 9.88 Å². The molecule has 0 aliphatic carbocycles. The summed E-state index contributed by atoms with van der Waals surface area (Å²) in [5, 5.41) is 1.39. The number of nitrogens with zero attached hydrogens (tertiary/aromatic N) is 3. The quantitative estimate of drug-likeness (QED) is 0.623. The molecule has 1 aliphatic rings. The molecular weight excluding hydrogens is 406 g/mol. The Morgan fingerprint density at radius 3 is 2.38 bits per heavy atom. The molecule has 0 saturated carbocycles. The van der Waals surface area contributed by atoms with E-state index < -0.39 is 9.84 Å². The van der Waals surface area contributed by atoms with E-state index >= 15 is 0 Å². The Bertz CT molecular complexity index is 1140. The highest BCUT2D eigenvalue weighted by molar-refractivity contribution is 7.91. The summed E-state index contributed by atoms with van der Waals surface area (Å²) in [7, 11) is -3.74. The van der Waals surface area contributed by atoms with Crippen LogP contribution in [0.4, 0.5) is 5.69 Å². The molecule has 152 valence electrons. The maximum absolute atomic E-state index is 13.5. The minimum absolute atomic E-state index is 0.226. The standard InChI is InChI=1S/C22H24ClN3O2S/c1-3-25-10-12-26(13-11-25)22-19-14-16(2)4-9-20(19)24-15-21(22)29(27,28)18-7-5-17(23)6-8-18/h4-9,14-15H,3,10-13H2,1-2H3. The van der Waals surface area contributed by atoms with E-state index in [0.717, 1.165) is 54.9 Å². The molecule has 0 amide bonds. The number of benzene rings is 2. The lowest BCUT2D eigenvalue weighted by Gasteiger charge is -2.36. The van der Waals surface area contributed by atoms with Gasteiger partial charge in [0.2, 0.25) is 9.84 Å². The molecule has 3 aromatic rings. The molecule has 0 unspecified atom stereocenters. The zero-order chi connectivity index (χ0) is 20.6. The summed E-state index contributed by atoms with van der Waals surface area (Å²) in [5.74, 6) is 0. The van der Waals surface area contributed by atoms with Gasteiger partial charge in [0.25, 0.3) is 0 Å². The Labute approximate surface area is 176 Å². The maximum atomic E-state index is 13.5. The summed E-state index contributed by atoms with van der Waals surface area (Å²) in [6.45, 7) is 8.54. The van der Waals surface area contributed by atoms with Gasteiger partial charge in [-0.3, -0.25) is 4.98 Å². The van der Waals surface area contributed by atoms with E-state index in [9.17, 15) is 8.42 Å². The van der Waals surface area contributed by atoms with Crippen LogP contribution in [0, 0.1) is 6.92 Å². The van der Waals surface area contributed by atoms with Crippen LogP contribution in [0.25, 0.3) is 10.9 Å². The van der Waals surface area contributed by atoms with Crippen LogP contribution in [-0.2, 0) is 9.84 Å². The van der Waals surface area contributed by atoms with Crippen LogP contribution in [0.15, 0.2) is 58.5 Å². The van der Waals surface area contributed by atoms with Crippen molar-refractivity contribution in [2.45, 2.75) is 23.6 Å². The predicted octanol–water partition coefficient (Wildman–Crippen LogP) is 4.17. The number of rotatable bonds is 4. The molecule has 1 saturated heterocycles. The summed E-state index contributed by atoms with van der Waals surface area (Å²) in [6.07, 6.45) is 1.50. The highest BCUT2D eigenvalue weighted by Gasteiger charge is 2.28. The third kappa shape index (κ3) is 3.84. The van der Waals surface area contributed by atoms with Crippen LogP contribution in [0.5, 0.6) is 0 Å². The lowest BCUT2D eigenvalue weighted by atomic mass is 10.1. The maximum Gasteiger partial charge on any atom is 0.210 e. The molecule has 1 aliphatic heterocycles. The van der Waals surface area contributed by atoms with Gasteiger partial charge >= 0.3 is 0 Å². The molecule has 2 heterocycles. The van der Waals surface area contributed by atoms with Gasteiger partial charge in [-0.2, -0.15) is 0 Å². The number of aromatic nitrogens is 1. The zero-order valence-electron chi connectivity index (χ0n) is 16.6. The minimum Gasteiger partial charge on any atom is -0.367 e. The molecular formula is C22H24ClN3O2S. The molecule has 2 aromatic carbocycles. The topological polar surface area (TPSA) is 53.5 Å². The molecule has 0 bridgehead atoms. The number of piperazine rings is 1. The van der Waals surface area contributed by atoms with Crippen molar-refractivity contribution < 1.29 is 8.42 Å². The van der Waals surface area contributed by atoms with Gasteiger partial charge < -0.3 is 9.80 Å². The van der Waals surface area contributed by atoms with Crippen molar-refractivity contribution in [3.8, 4) is 0 Å². The van der Waals surface area contributed by atoms with Crippen molar-refractivity contribution >= 4 is 38.0 Å². The van der Waals surface area contributed by atoms with E-state index in [-0.39, 0.29) is 9.79 Å². The lowest BCUT2D eigenvalue weighted by Crippen LogP contribution is -2.46. The molecule has 4 rings (SSSR count). The van der Waals surface area contributed by atoms with E-state index in [2.05, 4.69) is 21.7 Å². The van der Waals surface area contributed by atoms with Crippen LogP contribution in [0.1, 0.15) is 12.5 Å². The molecule has 29 heavy (non-hydrogen) atoms. The van der Waals surface area contributed by atoms with Crippen molar-refractivity contribution in [1.29, 1.82) is 0 Å². The number of hydrogen-bond donors (Lipinski definition) is 0. The van der Waals surface area contributed by atoms with Crippen molar-refractivity contribution in [3.63, 3.8) is 0 Å². The van der Waals surface area contributed by atoms with E-state index in [0.29, 0.717) is 5.02 Å². The number of aryl methyl sites for hydroxylation is 1. The summed E-state index contributed by atoms with van der Waals surface area (Å²) >= 11 is 5.96. The predicted molar refractivity (Wildman–Crippen MR) is 118 cm³/mol. The van der Waals surface area contributed by atoms with E-state index in [1.807, 2.05) is 25.1 Å². The first-order valence-corrected chi connectivity index (χ1v) is 11.6. The second-order valence-corrected chi connectivity index (χ2v) is 9.72. The third-order valence-corrected chi connectivity index (χ3v) is 7.53. The number of anilines is 1. The lowest BCUT2D eigenvalue weighted by molar-refractivity contribution is 0.271. The molecule has 0 atom stereocenters. The molecule has 1 fully saturated rings. The van der Waals surface area contributed by atoms with Gasteiger partial charge in [-0.1, -0.05) is 30.2 Å². The highest BCUT2D eigenvalue weighted by Crippen LogP contribution is 2.36. The summed E-state index contributed by atoms with van der Waals surface area (Å²) in [5.41, 5.74) is 2.64. The van der Waals surface area contributed by atoms with Crippen LogP contribution in [0.2, 0.25) is 5.02 Å². The first-order chi connectivity index (χ1) is 13.9. The molecule has 0 N–H and O–H groups in total. The summed E-state index contributed by atoms with van der Waals surface area (Å²) < 4.78 is 27.1. The zero-order valence-corrected chi connectivity index (χ0v) is 18.2. The third-order valence-electron chi connectivity index (χ3n) is 5.51. The molecule has 5 nitrogen and oxygen atoms in total. The minimum atomic E-state index is -3.74. The fourth-order valence-electron chi connectivity index (χ4n) is 3.83. The number of halogens is 1. The Hall–Kier alpha value is -2.15. The van der Waals surface area contributed by atoms with Gasteiger partial charge in [-0.25, -0.2) is 8.42 Å². The fraction of sp³-hybridized carbons (Fsp3) is 0.318. The van der Waals surface area contributed by atoms with Crippen LogP contribution < -0.4 is 4.90 Å². The van der Waals surface area contributed by atoms with Crippen LogP contribution in [-0.4, -0.2) is 51.0 Å². The van der Waals surface area contributed by atoms with Gasteiger partial charge in [0.05, 0.1) is 16.1 Å². The van der Waals surface area contributed by atoms with Crippen molar-refractivity contribution in [2.24, 2.45) is 0 Å². The first-order valence-electron chi connectivity index (χ1n) is 9.77. The normalized spacial score (nSPS) is 15.8. The molecule has 0 spiro atoms.